The number of hydrogen-bond donors (Lipinski definition) is 0. The Morgan fingerprint density at radius 1 is 0.210 bits per heavy atom. The van der Waals surface area contributed by atoms with Crippen molar-refractivity contribution in [2.45, 2.75) is 170 Å². The number of esters is 12. The molecule has 0 bridgehead atoms. The summed E-state index contributed by atoms with van der Waals surface area (Å²) in [7, 11) is 0. The van der Waals surface area contributed by atoms with E-state index in [1.807, 2.05) is 0 Å². The van der Waals surface area contributed by atoms with Gasteiger partial charge < -0.3 is 56.8 Å². The summed E-state index contributed by atoms with van der Waals surface area (Å²) in [6.07, 6.45) is -17.8. The fourth-order valence-electron chi connectivity index (χ4n) is 3.81. The Bertz CT molecular complexity index is 1670. The number of hydrogen-bond acceptors (Lipinski definition) is 24. The molecule has 0 radical (unpaired) electrons. The molecule has 0 heterocycles. The number of carbonyl (C=O) groups excluding carboxylic acids is 12. The van der Waals surface area contributed by atoms with Gasteiger partial charge in [-0.05, 0) is 90.0 Å². The lowest BCUT2D eigenvalue weighted by Crippen LogP contribution is -2.40. The van der Waals surface area contributed by atoms with Crippen LogP contribution in [0.4, 0.5) is 0 Å². The number of carbonyl (C=O) groups is 12. The van der Waals surface area contributed by atoms with Gasteiger partial charge in [-0.2, -0.15) is 0 Å². The van der Waals surface area contributed by atoms with Crippen LogP contribution in [0.1, 0.15) is 96.9 Å². The van der Waals surface area contributed by atoms with Crippen LogP contribution in [0.25, 0.3) is 0 Å². The Kier molecular flexibility index (Phi) is 23.4. The van der Waals surface area contributed by atoms with Gasteiger partial charge in [0.05, 0.1) is 6.10 Å². The fourth-order valence-corrected chi connectivity index (χ4v) is 3.81. The molecule has 0 spiro atoms. The quantitative estimate of drug-likeness (QED) is 0.0977. The highest BCUT2D eigenvalue weighted by molar-refractivity contribution is 5.89. The molecule has 0 saturated carbocycles. The Morgan fingerprint density at radius 3 is 0.435 bits per heavy atom. The van der Waals surface area contributed by atoms with E-state index >= 15 is 0 Å². The highest BCUT2D eigenvalue weighted by atomic mass is 16.7. The monoisotopic (exact) mass is 894 g/mol. The van der Waals surface area contributed by atoms with Gasteiger partial charge in [-0.25, -0.2) is 52.7 Å². The molecule has 350 valence electrons. The Morgan fingerprint density at radius 2 is 0.323 bits per heavy atom. The Balaban J connectivity index is 4.91. The lowest BCUT2D eigenvalue weighted by Gasteiger charge is -2.21. The maximum atomic E-state index is 12.5. The zero-order valence-electron chi connectivity index (χ0n) is 36.7. The zero-order valence-corrected chi connectivity index (χ0v) is 36.7. The summed E-state index contributed by atoms with van der Waals surface area (Å²) in [4.78, 5) is 147. The van der Waals surface area contributed by atoms with Crippen molar-refractivity contribution in [3.05, 3.63) is 0 Å². The second kappa shape index (κ2) is 26.1. The summed E-state index contributed by atoms with van der Waals surface area (Å²) in [6, 6.07) is 0. The Labute approximate surface area is 356 Å². The van der Waals surface area contributed by atoms with Gasteiger partial charge in [0.2, 0.25) is 0 Å². The van der Waals surface area contributed by atoms with Crippen LogP contribution >= 0.6 is 0 Å². The topological polar surface area (TPSA) is 316 Å². The van der Waals surface area contributed by atoms with Crippen molar-refractivity contribution in [1.82, 2.24) is 0 Å². The molecule has 0 unspecified atom stereocenters. The van der Waals surface area contributed by atoms with Crippen LogP contribution in [0.2, 0.25) is 0 Å². The summed E-state index contributed by atoms with van der Waals surface area (Å²) in [5.41, 5.74) is 0. The van der Waals surface area contributed by atoms with Gasteiger partial charge in [0.15, 0.2) is 67.1 Å². The summed E-state index contributed by atoms with van der Waals surface area (Å²) in [5, 5.41) is 0. The van der Waals surface area contributed by atoms with Gasteiger partial charge in [-0.15, -0.1) is 0 Å². The molecule has 0 aromatic rings. The van der Waals surface area contributed by atoms with Crippen LogP contribution in [-0.2, 0) is 114 Å². The van der Waals surface area contributed by atoms with Gasteiger partial charge in [-0.3, -0.25) is 4.79 Å². The summed E-state index contributed by atoms with van der Waals surface area (Å²) >= 11 is 0. The molecule has 0 fully saturated rings. The van der Waals surface area contributed by atoms with Crippen molar-refractivity contribution in [2.24, 2.45) is 0 Å². The van der Waals surface area contributed by atoms with Crippen LogP contribution in [0, 0.1) is 0 Å². The average molecular weight is 895 g/mol. The lowest BCUT2D eigenvalue weighted by atomic mass is 10.3. The molecular weight excluding hydrogens is 840 g/mol. The first-order chi connectivity index (χ1) is 28.5. The molecule has 24 nitrogen and oxygen atoms in total. The predicted molar refractivity (Wildman–Crippen MR) is 198 cm³/mol. The molecule has 0 saturated heterocycles. The van der Waals surface area contributed by atoms with Crippen LogP contribution in [0.3, 0.4) is 0 Å². The third-order valence-corrected chi connectivity index (χ3v) is 7.28. The first kappa shape index (κ1) is 55.6. The van der Waals surface area contributed by atoms with E-state index in [4.69, 9.17) is 52.1 Å². The molecule has 62 heavy (non-hydrogen) atoms. The second-order valence-corrected chi connectivity index (χ2v) is 13.5. The zero-order chi connectivity index (χ0) is 48.3. The van der Waals surface area contributed by atoms with Crippen LogP contribution in [0.5, 0.6) is 0 Å². The van der Waals surface area contributed by atoms with Crippen molar-refractivity contribution in [1.29, 1.82) is 0 Å². The van der Waals surface area contributed by atoms with Gasteiger partial charge >= 0.3 is 71.6 Å². The van der Waals surface area contributed by atoms with Crippen LogP contribution in [-0.4, -0.2) is 145 Å². The van der Waals surface area contributed by atoms with Gasteiger partial charge in [0.1, 0.15) is 0 Å². The van der Waals surface area contributed by atoms with E-state index in [2.05, 4.69) is 4.74 Å². The van der Waals surface area contributed by atoms with E-state index in [9.17, 15) is 57.5 Å². The van der Waals surface area contributed by atoms with Gasteiger partial charge in [-0.1, -0.05) is 0 Å². The minimum Gasteiger partial charge on any atom is -0.460 e. The van der Waals surface area contributed by atoms with E-state index < -0.39 is 145 Å². The van der Waals surface area contributed by atoms with Crippen molar-refractivity contribution in [3.8, 4) is 0 Å². The third kappa shape index (κ3) is 20.3. The molecule has 0 rings (SSSR count). The minimum atomic E-state index is -1.69. The van der Waals surface area contributed by atoms with E-state index in [-0.39, 0.29) is 0 Å². The molecule has 0 aromatic carbocycles. The number of ether oxygens (including phenoxy) is 12. The smallest absolute Gasteiger partial charge is 0.347 e. The number of rotatable bonds is 23. The molecule has 0 N–H and O–H groups in total. The van der Waals surface area contributed by atoms with E-state index in [1.165, 1.54) is 13.8 Å². The first-order valence-corrected chi connectivity index (χ1v) is 18.9. The van der Waals surface area contributed by atoms with Gasteiger partial charge in [0.25, 0.3) is 0 Å². The molecule has 24 heteroatoms. The molecule has 11 atom stereocenters. The fraction of sp³-hybridized carbons (Fsp3) is 0.684. The van der Waals surface area contributed by atoms with E-state index in [1.54, 1.807) is 13.8 Å². The largest absolute Gasteiger partial charge is 0.460 e. The molecule has 0 aliphatic carbocycles. The Hall–Kier alpha value is -6.36. The summed E-state index contributed by atoms with van der Waals surface area (Å²) < 4.78 is 58.6. The van der Waals surface area contributed by atoms with Crippen LogP contribution < -0.4 is 0 Å². The molecular formula is C38H54O24. The SMILES string of the molecule is CC(=O)O[C@@H](C)C(=O)O[C@@H](C)C(=O)O[C@@H](C)C(=O)O[C@@H](C)C(=O)O[C@@H](C)C(=O)O[C@@H](C)C(=O)O[C@@H](C)C(=O)O[C@@H](C)C(=O)O[C@@H](C)C(=O)O[C@@H](C)C(=O)O[C@@H](C)C(=O)OC(C)C. The van der Waals surface area contributed by atoms with Crippen molar-refractivity contribution in [2.75, 3.05) is 0 Å². The standard InChI is InChI=1S/C38H54O24/c1-15(2)51-28(40)17(4)53-30(42)19(6)55-32(44)21(8)57-34(46)23(10)59-36(48)25(12)61-38(50)26(13)62-37(49)24(11)60-35(47)22(9)58-33(45)20(7)56-31(43)18(5)54-29(41)16(3)52-27(14)39/h15-26H,1-14H3/t16-,17-,18-,19-,20-,21-,22-,23-,24-,25-,26-/m0/s1. The lowest BCUT2D eigenvalue weighted by molar-refractivity contribution is -0.190. The summed E-state index contributed by atoms with van der Waals surface area (Å²) in [6.45, 7) is 16.4. The molecule has 0 aliphatic heterocycles. The summed E-state index contributed by atoms with van der Waals surface area (Å²) in [5.74, 6) is -13.7. The maximum Gasteiger partial charge on any atom is 0.347 e. The molecule has 0 aromatic heterocycles. The second-order valence-electron chi connectivity index (χ2n) is 13.5. The molecule has 0 aliphatic rings. The molecule has 0 amide bonds. The predicted octanol–water partition coefficient (Wildman–Crippen LogP) is 0.207. The minimum absolute atomic E-state index is 0.471. The average Bonchev–Trinajstić information content (AvgIpc) is 3.16. The van der Waals surface area contributed by atoms with Crippen molar-refractivity contribution in [3.63, 3.8) is 0 Å². The normalized spacial score (nSPS) is 16.1. The van der Waals surface area contributed by atoms with E-state index in [0.29, 0.717) is 0 Å². The van der Waals surface area contributed by atoms with Crippen LogP contribution in [0.15, 0.2) is 0 Å². The van der Waals surface area contributed by atoms with Crippen molar-refractivity contribution < 1.29 is 114 Å². The first-order valence-electron chi connectivity index (χ1n) is 18.9. The van der Waals surface area contributed by atoms with Gasteiger partial charge in [0, 0.05) is 6.92 Å². The maximum absolute atomic E-state index is 12.5. The van der Waals surface area contributed by atoms with E-state index in [0.717, 1.165) is 69.2 Å². The third-order valence-electron chi connectivity index (χ3n) is 7.28. The van der Waals surface area contributed by atoms with Crippen molar-refractivity contribution >= 4 is 71.6 Å². The highest BCUT2D eigenvalue weighted by Crippen LogP contribution is 2.11. The highest BCUT2D eigenvalue weighted by Gasteiger charge is 2.35.